The van der Waals surface area contributed by atoms with Crippen LogP contribution >= 0.6 is 11.6 Å². The first-order chi connectivity index (χ1) is 3.31. The van der Waals surface area contributed by atoms with Gasteiger partial charge in [0.1, 0.15) is 5.50 Å². The van der Waals surface area contributed by atoms with Gasteiger partial charge in [-0.1, -0.05) is 18.5 Å². The van der Waals surface area contributed by atoms with E-state index in [9.17, 15) is 4.79 Å². The number of isocyanates is 1. The Bertz CT molecular complexity index is 87.7. The van der Waals surface area contributed by atoms with Crippen LogP contribution in [0.1, 0.15) is 6.92 Å². The summed E-state index contributed by atoms with van der Waals surface area (Å²) in [7, 11) is 0. The molecule has 0 saturated heterocycles. The van der Waals surface area contributed by atoms with Crippen molar-refractivity contribution in [3.63, 3.8) is 0 Å². The maximum atomic E-state index is 9.38. The molecule has 0 heterocycles. The second-order valence-corrected chi connectivity index (χ2v) is 1.37. The Kier molecular flexibility index (Phi) is 3.67. The molecule has 0 saturated carbocycles. The standard InChI is InChI=1S/C4H5ClNO/c1-2-4(5)6-3-7/h2,4H,1H3. The Morgan fingerprint density at radius 3 is 2.71 bits per heavy atom. The summed E-state index contributed by atoms with van der Waals surface area (Å²) in [4.78, 5) is 12.5. The Labute approximate surface area is 47.2 Å². The molecule has 0 amide bonds. The Balaban J connectivity index is 3.35. The lowest BCUT2D eigenvalue weighted by Gasteiger charge is -1.88. The molecule has 0 spiro atoms. The van der Waals surface area contributed by atoms with E-state index in [-0.39, 0.29) is 0 Å². The van der Waals surface area contributed by atoms with E-state index >= 15 is 0 Å². The van der Waals surface area contributed by atoms with Gasteiger partial charge in [-0.05, 0) is 6.42 Å². The number of rotatable bonds is 2. The molecule has 0 N–H and O–H groups in total. The monoisotopic (exact) mass is 118 g/mol. The van der Waals surface area contributed by atoms with Crippen LogP contribution in [0.2, 0.25) is 0 Å². The van der Waals surface area contributed by atoms with Gasteiger partial charge in [0.25, 0.3) is 0 Å². The molecule has 0 bridgehead atoms. The van der Waals surface area contributed by atoms with Gasteiger partial charge in [0.05, 0.1) is 0 Å². The first-order valence-corrected chi connectivity index (χ1v) is 2.25. The van der Waals surface area contributed by atoms with Crippen molar-refractivity contribution in [2.24, 2.45) is 4.99 Å². The maximum Gasteiger partial charge on any atom is 0.236 e. The number of hydrogen-bond acceptors (Lipinski definition) is 2. The molecular formula is C4H5ClNO. The smallest absolute Gasteiger partial charge is 0.211 e. The second kappa shape index (κ2) is 3.85. The van der Waals surface area contributed by atoms with Crippen LogP contribution in [-0.4, -0.2) is 11.6 Å². The highest BCUT2D eigenvalue weighted by Crippen LogP contribution is 1.97. The van der Waals surface area contributed by atoms with Crippen LogP contribution in [0.4, 0.5) is 0 Å². The Morgan fingerprint density at radius 1 is 2.00 bits per heavy atom. The van der Waals surface area contributed by atoms with Gasteiger partial charge in [0.15, 0.2) is 0 Å². The van der Waals surface area contributed by atoms with Gasteiger partial charge in [-0.15, -0.1) is 0 Å². The molecule has 0 fully saturated rings. The minimum absolute atomic E-state index is 0.502. The van der Waals surface area contributed by atoms with Crippen molar-refractivity contribution in [2.45, 2.75) is 12.4 Å². The second-order valence-electron chi connectivity index (χ2n) is 0.926. The van der Waals surface area contributed by atoms with Crippen LogP contribution in [0.5, 0.6) is 0 Å². The summed E-state index contributed by atoms with van der Waals surface area (Å²) >= 11 is 5.28. The summed E-state index contributed by atoms with van der Waals surface area (Å²) in [5, 5.41) is 0. The molecule has 0 rings (SSSR count). The van der Waals surface area contributed by atoms with Crippen LogP contribution in [0, 0.1) is 6.42 Å². The fourth-order valence-corrected chi connectivity index (χ4v) is 0.165. The third-order valence-corrected chi connectivity index (χ3v) is 0.801. The summed E-state index contributed by atoms with van der Waals surface area (Å²) in [6.07, 6.45) is 2.92. The quantitative estimate of drug-likeness (QED) is 0.231. The van der Waals surface area contributed by atoms with E-state index < -0.39 is 5.50 Å². The van der Waals surface area contributed by atoms with Gasteiger partial charge >= 0.3 is 0 Å². The number of carbonyl (C=O) groups excluding carboxylic acids is 1. The average Bonchev–Trinajstić information content (AvgIpc) is 1.68. The zero-order valence-corrected chi connectivity index (χ0v) is 4.64. The molecule has 7 heavy (non-hydrogen) atoms. The average molecular weight is 119 g/mol. The molecule has 1 radical (unpaired) electrons. The molecule has 0 aromatic heterocycles. The lowest BCUT2D eigenvalue weighted by molar-refractivity contribution is 0.563. The van der Waals surface area contributed by atoms with Crippen molar-refractivity contribution >= 4 is 17.7 Å². The van der Waals surface area contributed by atoms with Gasteiger partial charge in [0, 0.05) is 0 Å². The molecule has 3 heteroatoms. The summed E-state index contributed by atoms with van der Waals surface area (Å²) in [6, 6.07) is 0. The normalized spacial score (nSPS) is 12.3. The van der Waals surface area contributed by atoms with E-state index in [0.717, 1.165) is 0 Å². The zero-order valence-electron chi connectivity index (χ0n) is 3.89. The lowest BCUT2D eigenvalue weighted by Crippen LogP contribution is -1.87. The highest BCUT2D eigenvalue weighted by molar-refractivity contribution is 6.21. The van der Waals surface area contributed by atoms with E-state index in [1.807, 2.05) is 0 Å². The van der Waals surface area contributed by atoms with Crippen LogP contribution in [0.25, 0.3) is 0 Å². The number of hydrogen-bond donors (Lipinski definition) is 0. The first kappa shape index (κ1) is 6.67. The van der Waals surface area contributed by atoms with E-state index in [1.165, 1.54) is 6.08 Å². The van der Waals surface area contributed by atoms with Crippen LogP contribution in [-0.2, 0) is 4.79 Å². The third-order valence-electron chi connectivity index (χ3n) is 0.451. The molecule has 0 aliphatic heterocycles. The molecular weight excluding hydrogens is 114 g/mol. The number of halogens is 1. The van der Waals surface area contributed by atoms with E-state index in [4.69, 9.17) is 11.6 Å². The molecule has 1 unspecified atom stereocenters. The summed E-state index contributed by atoms with van der Waals surface area (Å²) in [5.41, 5.74) is -0.502. The fraction of sp³-hybridized carbons (Fsp3) is 0.500. The van der Waals surface area contributed by atoms with Crippen molar-refractivity contribution in [2.75, 3.05) is 0 Å². The largest absolute Gasteiger partial charge is 0.236 e. The predicted octanol–water partition coefficient (Wildman–Crippen LogP) is 1.11. The molecule has 0 aromatic carbocycles. The van der Waals surface area contributed by atoms with E-state index in [2.05, 4.69) is 4.99 Å². The highest BCUT2D eigenvalue weighted by Gasteiger charge is 1.92. The zero-order chi connectivity index (χ0) is 5.70. The molecule has 2 nitrogen and oxygen atoms in total. The van der Waals surface area contributed by atoms with Crippen molar-refractivity contribution in [1.82, 2.24) is 0 Å². The Hall–Kier alpha value is -0.330. The SMILES string of the molecule is C[CH]C(Cl)N=C=O. The summed E-state index contributed by atoms with van der Waals surface area (Å²) < 4.78 is 0. The van der Waals surface area contributed by atoms with Crippen LogP contribution in [0.15, 0.2) is 4.99 Å². The first-order valence-electron chi connectivity index (χ1n) is 1.81. The van der Waals surface area contributed by atoms with Gasteiger partial charge in [-0.25, -0.2) is 4.79 Å². The molecule has 0 aliphatic rings. The van der Waals surface area contributed by atoms with Crippen molar-refractivity contribution in [3.05, 3.63) is 6.42 Å². The van der Waals surface area contributed by atoms with Gasteiger partial charge in [0.2, 0.25) is 6.08 Å². The summed E-state index contributed by atoms with van der Waals surface area (Å²) in [6.45, 7) is 1.72. The van der Waals surface area contributed by atoms with Crippen molar-refractivity contribution in [1.29, 1.82) is 0 Å². The van der Waals surface area contributed by atoms with Crippen LogP contribution in [0.3, 0.4) is 0 Å². The minimum Gasteiger partial charge on any atom is -0.211 e. The molecule has 0 aliphatic carbocycles. The molecule has 1 atom stereocenters. The van der Waals surface area contributed by atoms with Gasteiger partial charge in [-0.2, -0.15) is 4.99 Å². The molecule has 0 aromatic rings. The van der Waals surface area contributed by atoms with Gasteiger partial charge < -0.3 is 0 Å². The van der Waals surface area contributed by atoms with E-state index in [1.54, 1.807) is 13.3 Å². The highest BCUT2D eigenvalue weighted by atomic mass is 35.5. The number of alkyl halides is 1. The molecule has 39 valence electrons. The van der Waals surface area contributed by atoms with Crippen molar-refractivity contribution < 1.29 is 4.79 Å². The summed E-state index contributed by atoms with van der Waals surface area (Å²) in [5.74, 6) is 0. The Morgan fingerprint density at radius 2 is 2.57 bits per heavy atom. The predicted molar refractivity (Wildman–Crippen MR) is 27.7 cm³/mol. The fourth-order valence-electron chi connectivity index (χ4n) is 0.125. The minimum atomic E-state index is -0.502. The third kappa shape index (κ3) is 3.50. The maximum absolute atomic E-state index is 9.38. The number of aliphatic imine (C=N–C) groups is 1. The van der Waals surface area contributed by atoms with Gasteiger partial charge in [-0.3, -0.25) is 0 Å². The van der Waals surface area contributed by atoms with Crippen molar-refractivity contribution in [3.8, 4) is 0 Å². The topological polar surface area (TPSA) is 29.4 Å². The van der Waals surface area contributed by atoms with E-state index in [0.29, 0.717) is 0 Å². The lowest BCUT2D eigenvalue weighted by atomic mass is 10.5. The number of nitrogens with zero attached hydrogens (tertiary/aromatic N) is 1. The van der Waals surface area contributed by atoms with Crippen LogP contribution < -0.4 is 0 Å².